The molecule has 0 bridgehead atoms. The minimum atomic E-state index is -4.56. The van der Waals surface area contributed by atoms with Gasteiger partial charge in [-0.05, 0) is 80.7 Å². The number of likely N-dealkylation sites (tertiary alicyclic amines) is 3. The van der Waals surface area contributed by atoms with Crippen LogP contribution in [0.3, 0.4) is 0 Å². The number of halogens is 3. The number of carbonyl (C=O) groups is 3. The van der Waals surface area contributed by atoms with E-state index in [1.165, 1.54) is 12.1 Å². The van der Waals surface area contributed by atoms with E-state index in [2.05, 4.69) is 15.2 Å². The molecule has 1 aromatic carbocycles. The SMILES string of the molecule is CN1CCC(c2ccc([C@]3(O)CC[C@@H](N4CC[C@H]5[C@@H]4CCN5C(=O)CNC(=O)c4cccc(C(F)(F)F)c4)CC3)nc2)CC1=O. The standard InChI is InChI=1S/C33H40F3N5O4/c1-39-14-9-21(18-29(39)42)23-5-6-28(37-19-23)32(45)12-7-25(8-13-32)40-15-10-27-26(40)11-16-41(27)30(43)20-38-31(44)22-3-2-4-24(17-22)33(34,35)36/h2-6,17,19,21,25-27,45H,7-16,18,20H2,1H3,(H,38,44)/t21?,25-,26-,27-,32+/m0/s1. The van der Waals surface area contributed by atoms with Gasteiger partial charge in [-0.2, -0.15) is 13.2 Å². The number of alkyl halides is 3. The molecule has 45 heavy (non-hydrogen) atoms. The van der Waals surface area contributed by atoms with E-state index in [1.54, 1.807) is 9.80 Å². The van der Waals surface area contributed by atoms with Crippen molar-refractivity contribution in [1.82, 2.24) is 25.0 Å². The average molecular weight is 628 g/mol. The number of carbonyl (C=O) groups excluding carboxylic acids is 3. The summed E-state index contributed by atoms with van der Waals surface area (Å²) in [6, 6.07) is 8.62. The molecule has 4 aliphatic rings. The Morgan fingerprint density at radius 1 is 1.02 bits per heavy atom. The minimum Gasteiger partial charge on any atom is -0.384 e. The third kappa shape index (κ3) is 6.44. The number of hydrogen-bond acceptors (Lipinski definition) is 6. The Labute approximate surface area is 260 Å². The van der Waals surface area contributed by atoms with E-state index in [0.717, 1.165) is 62.9 Å². The molecule has 4 heterocycles. The number of pyridine rings is 1. The van der Waals surface area contributed by atoms with Crippen molar-refractivity contribution in [2.24, 2.45) is 0 Å². The van der Waals surface area contributed by atoms with Crippen LogP contribution in [-0.4, -0.2) is 93.9 Å². The van der Waals surface area contributed by atoms with Crippen molar-refractivity contribution >= 4 is 17.7 Å². The van der Waals surface area contributed by atoms with Crippen LogP contribution in [0.5, 0.6) is 0 Å². The first kappa shape index (κ1) is 31.5. The summed E-state index contributed by atoms with van der Waals surface area (Å²) in [5, 5.41) is 14.0. The summed E-state index contributed by atoms with van der Waals surface area (Å²) in [7, 11) is 1.83. The number of benzene rings is 1. The first-order chi connectivity index (χ1) is 21.4. The highest BCUT2D eigenvalue weighted by molar-refractivity contribution is 5.96. The number of piperidine rings is 1. The van der Waals surface area contributed by atoms with Crippen LogP contribution < -0.4 is 5.32 Å². The van der Waals surface area contributed by atoms with Gasteiger partial charge in [0.15, 0.2) is 0 Å². The highest BCUT2D eigenvalue weighted by Crippen LogP contribution is 2.42. The Bertz CT molecular complexity index is 1430. The van der Waals surface area contributed by atoms with Crippen LogP contribution in [0.15, 0.2) is 42.6 Å². The van der Waals surface area contributed by atoms with Crippen LogP contribution in [0.2, 0.25) is 0 Å². The van der Waals surface area contributed by atoms with E-state index < -0.39 is 23.2 Å². The van der Waals surface area contributed by atoms with Gasteiger partial charge in [0.05, 0.1) is 17.8 Å². The van der Waals surface area contributed by atoms with Gasteiger partial charge in [0.25, 0.3) is 5.91 Å². The molecule has 3 atom stereocenters. The molecular weight excluding hydrogens is 587 g/mol. The van der Waals surface area contributed by atoms with Crippen LogP contribution in [0.25, 0.3) is 0 Å². The molecule has 9 nitrogen and oxygen atoms in total. The van der Waals surface area contributed by atoms with Crippen LogP contribution in [-0.2, 0) is 21.4 Å². The molecule has 2 aromatic rings. The van der Waals surface area contributed by atoms with Gasteiger partial charge in [-0.25, -0.2) is 0 Å². The normalized spacial score (nSPS) is 29.1. The molecule has 3 saturated heterocycles. The molecule has 1 saturated carbocycles. The predicted molar refractivity (Wildman–Crippen MR) is 159 cm³/mol. The molecule has 3 amide bonds. The second-order valence-electron chi connectivity index (χ2n) is 13.0. The van der Waals surface area contributed by atoms with Crippen LogP contribution in [0.4, 0.5) is 13.2 Å². The number of fused-ring (bicyclic) bond motifs is 1. The Morgan fingerprint density at radius 2 is 1.78 bits per heavy atom. The number of amides is 3. The van der Waals surface area contributed by atoms with E-state index in [4.69, 9.17) is 0 Å². The van der Waals surface area contributed by atoms with Crippen molar-refractivity contribution in [3.8, 4) is 0 Å². The fourth-order valence-electron chi connectivity index (χ4n) is 7.80. The van der Waals surface area contributed by atoms with Crippen molar-refractivity contribution in [2.75, 3.05) is 33.2 Å². The number of nitrogens with one attached hydrogen (secondary N) is 1. The first-order valence-electron chi connectivity index (χ1n) is 15.9. The second kappa shape index (κ2) is 12.4. The van der Waals surface area contributed by atoms with Crippen molar-refractivity contribution in [2.45, 2.75) is 87.2 Å². The van der Waals surface area contributed by atoms with Gasteiger partial charge in [0.1, 0.15) is 5.60 Å². The minimum absolute atomic E-state index is 0.0319. The second-order valence-corrected chi connectivity index (χ2v) is 13.0. The smallest absolute Gasteiger partial charge is 0.384 e. The van der Waals surface area contributed by atoms with Crippen molar-refractivity contribution in [3.63, 3.8) is 0 Å². The molecule has 4 fully saturated rings. The molecule has 242 valence electrons. The average Bonchev–Trinajstić information content (AvgIpc) is 3.64. The maximum absolute atomic E-state index is 13.1. The summed E-state index contributed by atoms with van der Waals surface area (Å²) >= 11 is 0. The fourth-order valence-corrected chi connectivity index (χ4v) is 7.80. The zero-order chi connectivity index (χ0) is 31.9. The van der Waals surface area contributed by atoms with Crippen LogP contribution in [0.1, 0.15) is 84.5 Å². The van der Waals surface area contributed by atoms with E-state index in [9.17, 15) is 32.7 Å². The Morgan fingerprint density at radius 3 is 2.47 bits per heavy atom. The first-order valence-corrected chi connectivity index (χ1v) is 15.9. The van der Waals surface area contributed by atoms with E-state index >= 15 is 0 Å². The van der Waals surface area contributed by atoms with E-state index in [0.29, 0.717) is 37.5 Å². The number of aromatic nitrogens is 1. The van der Waals surface area contributed by atoms with Gasteiger partial charge >= 0.3 is 6.18 Å². The lowest BCUT2D eigenvalue weighted by atomic mass is 9.79. The molecule has 12 heteroatoms. The summed E-state index contributed by atoms with van der Waals surface area (Å²) < 4.78 is 39.1. The third-order valence-electron chi connectivity index (χ3n) is 10.4. The maximum Gasteiger partial charge on any atom is 0.416 e. The van der Waals surface area contributed by atoms with Crippen molar-refractivity contribution in [1.29, 1.82) is 0 Å². The van der Waals surface area contributed by atoms with Crippen LogP contribution in [0, 0.1) is 0 Å². The van der Waals surface area contributed by atoms with Crippen LogP contribution >= 0.6 is 0 Å². The summed E-state index contributed by atoms with van der Waals surface area (Å²) in [6.07, 6.45) is 3.11. The molecule has 0 spiro atoms. The highest BCUT2D eigenvalue weighted by Gasteiger charge is 2.48. The Kier molecular flexibility index (Phi) is 8.64. The van der Waals surface area contributed by atoms with Crippen molar-refractivity contribution in [3.05, 3.63) is 65.0 Å². The van der Waals surface area contributed by atoms with Gasteiger partial charge in [-0.3, -0.25) is 24.3 Å². The quantitative estimate of drug-likeness (QED) is 0.507. The van der Waals surface area contributed by atoms with Gasteiger partial charge < -0.3 is 20.2 Å². The lowest BCUT2D eigenvalue weighted by molar-refractivity contribution is -0.137. The largest absolute Gasteiger partial charge is 0.416 e. The monoisotopic (exact) mass is 627 g/mol. The van der Waals surface area contributed by atoms with Gasteiger partial charge in [0, 0.05) is 63.0 Å². The van der Waals surface area contributed by atoms with Gasteiger partial charge in [0.2, 0.25) is 11.8 Å². The lowest BCUT2D eigenvalue weighted by Gasteiger charge is -2.41. The number of aliphatic hydroxyl groups is 1. The number of rotatable bonds is 6. The van der Waals surface area contributed by atoms with Gasteiger partial charge in [-0.15, -0.1) is 0 Å². The zero-order valence-electron chi connectivity index (χ0n) is 25.4. The predicted octanol–water partition coefficient (Wildman–Crippen LogP) is 3.67. The molecule has 1 aromatic heterocycles. The van der Waals surface area contributed by atoms with E-state index in [-0.39, 0.29) is 41.9 Å². The summed E-state index contributed by atoms with van der Waals surface area (Å²) in [5.41, 5.74) is -0.330. The highest BCUT2D eigenvalue weighted by atomic mass is 19.4. The lowest BCUT2D eigenvalue weighted by Crippen LogP contribution is -2.47. The maximum atomic E-state index is 13.1. The topological polar surface area (TPSA) is 106 Å². The Balaban J connectivity index is 1.000. The van der Waals surface area contributed by atoms with Crippen molar-refractivity contribution < 1.29 is 32.7 Å². The number of nitrogens with zero attached hydrogens (tertiary/aromatic N) is 4. The molecule has 2 N–H and O–H groups in total. The van der Waals surface area contributed by atoms with Gasteiger partial charge in [-0.1, -0.05) is 12.1 Å². The van der Waals surface area contributed by atoms with E-state index in [1.807, 2.05) is 25.4 Å². The molecule has 6 rings (SSSR count). The number of hydrogen-bond donors (Lipinski definition) is 2. The summed E-state index contributed by atoms with van der Waals surface area (Å²) in [4.78, 5) is 48.4. The zero-order valence-corrected chi connectivity index (χ0v) is 25.4. The molecule has 3 aliphatic heterocycles. The molecule has 0 radical (unpaired) electrons. The third-order valence-corrected chi connectivity index (χ3v) is 10.4. The fraction of sp³-hybridized carbons (Fsp3) is 0.576. The molecule has 1 unspecified atom stereocenters. The molecular formula is C33H40F3N5O4. The molecule has 1 aliphatic carbocycles. The Hall–Kier alpha value is -3.51. The summed E-state index contributed by atoms with van der Waals surface area (Å²) in [5.74, 6) is -0.643. The summed E-state index contributed by atoms with van der Waals surface area (Å²) in [6.45, 7) is 1.89.